The lowest BCUT2D eigenvalue weighted by Crippen LogP contribution is -2.06. The number of nitriles is 1. The number of methoxy groups -OCH3 is 1. The highest BCUT2D eigenvalue weighted by Crippen LogP contribution is 2.28. The van der Waals surface area contributed by atoms with Gasteiger partial charge in [0.1, 0.15) is 6.61 Å². The second kappa shape index (κ2) is 6.70. The molecule has 0 unspecified atom stereocenters. The second-order valence-corrected chi connectivity index (χ2v) is 3.05. The second-order valence-electron chi connectivity index (χ2n) is 3.05. The van der Waals surface area contributed by atoms with E-state index in [0.29, 0.717) is 36.9 Å². The third kappa shape index (κ3) is 3.44. The first kappa shape index (κ1) is 12.3. The topological polar surface area (TPSA) is 51.5 Å². The smallest absolute Gasteiger partial charge is 0.162 e. The Morgan fingerprint density at radius 3 is 2.62 bits per heavy atom. The Bertz CT molecular complexity index is 371. The Morgan fingerprint density at radius 2 is 2.00 bits per heavy atom. The summed E-state index contributed by atoms with van der Waals surface area (Å²) >= 11 is 0. The molecule has 0 saturated carbocycles. The van der Waals surface area contributed by atoms with Crippen molar-refractivity contribution in [2.45, 2.75) is 6.92 Å². The largest absolute Gasteiger partial charge is 0.490 e. The summed E-state index contributed by atoms with van der Waals surface area (Å²) in [5.74, 6) is 1.23. The van der Waals surface area contributed by atoms with Crippen LogP contribution in [0.15, 0.2) is 18.2 Å². The zero-order valence-corrected chi connectivity index (χ0v) is 9.53. The molecule has 0 aromatic heterocycles. The van der Waals surface area contributed by atoms with Crippen LogP contribution in [0.1, 0.15) is 12.5 Å². The maximum absolute atomic E-state index is 8.77. The Kier molecular flexibility index (Phi) is 5.17. The van der Waals surface area contributed by atoms with E-state index in [9.17, 15) is 0 Å². The maximum atomic E-state index is 8.77. The molecule has 16 heavy (non-hydrogen) atoms. The fourth-order valence-electron chi connectivity index (χ4n) is 1.20. The van der Waals surface area contributed by atoms with Crippen LogP contribution in [0.25, 0.3) is 0 Å². The standard InChI is InChI=1S/C12H15NO3/c1-3-15-12-8-10(9-13)4-5-11(12)16-7-6-14-2/h4-5,8H,3,6-7H2,1-2H3. The molecular weight excluding hydrogens is 206 g/mol. The van der Waals surface area contributed by atoms with Crippen LogP contribution in [0, 0.1) is 11.3 Å². The number of rotatable bonds is 6. The Balaban J connectivity index is 2.77. The van der Waals surface area contributed by atoms with Gasteiger partial charge >= 0.3 is 0 Å². The van der Waals surface area contributed by atoms with Gasteiger partial charge in [-0.3, -0.25) is 0 Å². The summed E-state index contributed by atoms with van der Waals surface area (Å²) in [5, 5.41) is 8.77. The molecule has 0 amide bonds. The molecule has 0 aliphatic heterocycles. The Morgan fingerprint density at radius 1 is 1.19 bits per heavy atom. The van der Waals surface area contributed by atoms with E-state index in [0.717, 1.165) is 0 Å². The summed E-state index contributed by atoms with van der Waals surface area (Å²) < 4.78 is 15.8. The van der Waals surface area contributed by atoms with Crippen LogP contribution in [-0.4, -0.2) is 26.9 Å². The van der Waals surface area contributed by atoms with Crippen molar-refractivity contribution >= 4 is 0 Å². The van der Waals surface area contributed by atoms with Crippen molar-refractivity contribution < 1.29 is 14.2 Å². The van der Waals surface area contributed by atoms with Gasteiger partial charge in [0, 0.05) is 13.2 Å². The van der Waals surface area contributed by atoms with Crippen molar-refractivity contribution in [3.05, 3.63) is 23.8 Å². The Labute approximate surface area is 95.4 Å². The molecule has 0 atom stereocenters. The number of benzene rings is 1. The zero-order valence-electron chi connectivity index (χ0n) is 9.53. The van der Waals surface area contributed by atoms with Gasteiger partial charge in [0.25, 0.3) is 0 Å². The molecule has 0 saturated heterocycles. The summed E-state index contributed by atoms with van der Waals surface area (Å²) in [6.45, 7) is 3.40. The van der Waals surface area contributed by atoms with Gasteiger partial charge in [-0.2, -0.15) is 5.26 Å². The molecule has 0 N–H and O–H groups in total. The average molecular weight is 221 g/mol. The maximum Gasteiger partial charge on any atom is 0.162 e. The molecule has 0 heterocycles. The number of hydrogen-bond donors (Lipinski definition) is 0. The van der Waals surface area contributed by atoms with Gasteiger partial charge in [-0.15, -0.1) is 0 Å². The number of hydrogen-bond acceptors (Lipinski definition) is 4. The molecule has 4 heteroatoms. The van der Waals surface area contributed by atoms with Crippen LogP contribution < -0.4 is 9.47 Å². The summed E-state index contributed by atoms with van der Waals surface area (Å²) in [5.41, 5.74) is 0.558. The summed E-state index contributed by atoms with van der Waals surface area (Å²) in [4.78, 5) is 0. The third-order valence-electron chi connectivity index (χ3n) is 1.92. The minimum absolute atomic E-state index is 0.461. The predicted molar refractivity (Wildman–Crippen MR) is 59.7 cm³/mol. The fourth-order valence-corrected chi connectivity index (χ4v) is 1.20. The first-order valence-electron chi connectivity index (χ1n) is 5.10. The highest BCUT2D eigenvalue weighted by atomic mass is 16.5. The number of ether oxygens (including phenoxy) is 3. The van der Waals surface area contributed by atoms with Gasteiger partial charge < -0.3 is 14.2 Å². The summed E-state index contributed by atoms with van der Waals surface area (Å²) in [7, 11) is 1.62. The van der Waals surface area contributed by atoms with Gasteiger partial charge in [0.05, 0.1) is 24.8 Å². The van der Waals surface area contributed by atoms with Crippen molar-refractivity contribution in [1.82, 2.24) is 0 Å². The molecule has 0 aliphatic rings. The van der Waals surface area contributed by atoms with Crippen molar-refractivity contribution in [3.63, 3.8) is 0 Å². The van der Waals surface area contributed by atoms with Crippen molar-refractivity contribution in [2.24, 2.45) is 0 Å². The molecule has 1 rings (SSSR count). The van der Waals surface area contributed by atoms with Gasteiger partial charge in [-0.1, -0.05) is 0 Å². The molecule has 0 radical (unpaired) electrons. The third-order valence-corrected chi connectivity index (χ3v) is 1.92. The molecule has 0 fully saturated rings. The molecule has 0 spiro atoms. The first-order chi connectivity index (χ1) is 7.81. The Hall–Kier alpha value is -1.73. The van der Waals surface area contributed by atoms with Crippen molar-refractivity contribution in [1.29, 1.82) is 5.26 Å². The van der Waals surface area contributed by atoms with Gasteiger partial charge in [-0.05, 0) is 19.1 Å². The molecule has 4 nitrogen and oxygen atoms in total. The van der Waals surface area contributed by atoms with Crippen LogP contribution in [0.5, 0.6) is 11.5 Å². The van der Waals surface area contributed by atoms with Gasteiger partial charge in [-0.25, -0.2) is 0 Å². The summed E-state index contributed by atoms with van der Waals surface area (Å²) in [6.07, 6.45) is 0. The molecule has 0 aliphatic carbocycles. The van der Waals surface area contributed by atoms with Crippen molar-refractivity contribution in [3.8, 4) is 17.6 Å². The minimum Gasteiger partial charge on any atom is -0.490 e. The molecule has 1 aromatic carbocycles. The lowest BCUT2D eigenvalue weighted by molar-refractivity contribution is 0.143. The predicted octanol–water partition coefficient (Wildman–Crippen LogP) is 1.98. The van der Waals surface area contributed by atoms with E-state index in [1.54, 1.807) is 25.3 Å². The molecule has 86 valence electrons. The minimum atomic E-state index is 0.461. The van der Waals surface area contributed by atoms with E-state index in [1.165, 1.54) is 0 Å². The van der Waals surface area contributed by atoms with Crippen LogP contribution in [0.3, 0.4) is 0 Å². The van der Waals surface area contributed by atoms with Crippen LogP contribution in [0.2, 0.25) is 0 Å². The molecule has 1 aromatic rings. The monoisotopic (exact) mass is 221 g/mol. The number of nitrogens with zero attached hydrogens (tertiary/aromatic N) is 1. The van der Waals surface area contributed by atoms with Gasteiger partial charge in [0.15, 0.2) is 11.5 Å². The van der Waals surface area contributed by atoms with Crippen LogP contribution in [0.4, 0.5) is 0 Å². The first-order valence-corrected chi connectivity index (χ1v) is 5.10. The lowest BCUT2D eigenvalue weighted by Gasteiger charge is -2.11. The SMILES string of the molecule is CCOc1cc(C#N)ccc1OCCOC. The van der Waals surface area contributed by atoms with E-state index in [4.69, 9.17) is 19.5 Å². The highest BCUT2D eigenvalue weighted by molar-refractivity contribution is 5.46. The zero-order chi connectivity index (χ0) is 11.8. The average Bonchev–Trinajstić information content (AvgIpc) is 2.31. The molecule has 0 bridgehead atoms. The van der Waals surface area contributed by atoms with E-state index in [1.807, 2.05) is 6.92 Å². The van der Waals surface area contributed by atoms with Gasteiger partial charge in [0.2, 0.25) is 0 Å². The van der Waals surface area contributed by atoms with Crippen molar-refractivity contribution in [2.75, 3.05) is 26.9 Å². The molecular formula is C12H15NO3. The lowest BCUT2D eigenvalue weighted by atomic mass is 10.2. The van der Waals surface area contributed by atoms with E-state index in [2.05, 4.69) is 6.07 Å². The summed E-state index contributed by atoms with van der Waals surface area (Å²) in [6, 6.07) is 7.17. The van der Waals surface area contributed by atoms with E-state index >= 15 is 0 Å². The van der Waals surface area contributed by atoms with Crippen LogP contribution in [-0.2, 0) is 4.74 Å². The van der Waals surface area contributed by atoms with E-state index in [-0.39, 0.29) is 0 Å². The van der Waals surface area contributed by atoms with Crippen LogP contribution >= 0.6 is 0 Å². The highest BCUT2D eigenvalue weighted by Gasteiger charge is 2.05. The quantitative estimate of drug-likeness (QED) is 0.689. The normalized spacial score (nSPS) is 9.56. The van der Waals surface area contributed by atoms with E-state index < -0.39 is 0 Å². The fraction of sp³-hybridized carbons (Fsp3) is 0.417.